The van der Waals surface area contributed by atoms with Gasteiger partial charge in [-0.05, 0) is 48.6 Å². The summed E-state index contributed by atoms with van der Waals surface area (Å²) >= 11 is 5.84. The molecule has 1 aliphatic carbocycles. The van der Waals surface area contributed by atoms with Crippen LogP contribution in [0.25, 0.3) is 5.57 Å². The van der Waals surface area contributed by atoms with Gasteiger partial charge in [0.15, 0.2) is 0 Å². The van der Waals surface area contributed by atoms with Gasteiger partial charge in [0.2, 0.25) is 5.91 Å². The maximum Gasteiger partial charge on any atom is 0.239 e. The summed E-state index contributed by atoms with van der Waals surface area (Å²) in [5.41, 5.74) is 8.22. The zero-order valence-electron chi connectivity index (χ0n) is 19.6. The summed E-state index contributed by atoms with van der Waals surface area (Å²) in [6.07, 6.45) is 4.31. The Bertz CT molecular complexity index is 1160. The van der Waals surface area contributed by atoms with Gasteiger partial charge in [-0.1, -0.05) is 38.4 Å². The fourth-order valence-corrected chi connectivity index (χ4v) is 4.56. The first kappa shape index (κ1) is 24.4. The van der Waals surface area contributed by atoms with Crippen LogP contribution in [-0.4, -0.2) is 32.9 Å². The van der Waals surface area contributed by atoms with Crippen LogP contribution in [-0.2, 0) is 17.9 Å². The Kier molecular flexibility index (Phi) is 7.09. The Morgan fingerprint density at radius 3 is 2.74 bits per heavy atom. The lowest BCUT2D eigenvalue weighted by atomic mass is 9.93. The van der Waals surface area contributed by atoms with Gasteiger partial charge in [0.25, 0.3) is 0 Å². The van der Waals surface area contributed by atoms with Gasteiger partial charge in [-0.15, -0.1) is 0 Å². The van der Waals surface area contributed by atoms with Crippen molar-refractivity contribution in [1.82, 2.24) is 14.5 Å². The number of anilines is 2. The first-order valence-electron chi connectivity index (χ1n) is 11.6. The Labute approximate surface area is 203 Å². The molecule has 2 aromatic rings. The quantitative estimate of drug-likeness (QED) is 0.568. The number of nitrogens with zero attached hydrogens (tertiary/aromatic N) is 3. The zero-order chi connectivity index (χ0) is 24.6. The number of hydrogen-bond acceptors (Lipinski definition) is 4. The molecular formula is C25H30ClF2N5O. The molecule has 2 heterocycles. The predicted molar refractivity (Wildman–Crippen MR) is 131 cm³/mol. The summed E-state index contributed by atoms with van der Waals surface area (Å²) < 4.78 is 30.1. The summed E-state index contributed by atoms with van der Waals surface area (Å²) in [6.45, 7) is 7.22. The number of amides is 1. The number of fused-ring (bicyclic) bond motifs is 1. The number of nitrogens with one attached hydrogen (secondary N) is 1. The second-order valence-corrected chi connectivity index (χ2v) is 9.88. The van der Waals surface area contributed by atoms with Crippen LogP contribution in [0.5, 0.6) is 0 Å². The van der Waals surface area contributed by atoms with E-state index in [1.54, 1.807) is 17.0 Å². The molecule has 0 saturated heterocycles. The largest absolute Gasteiger partial charge is 0.340 e. The van der Waals surface area contributed by atoms with Crippen LogP contribution in [0.1, 0.15) is 45.1 Å². The molecule has 182 valence electrons. The Hall–Kier alpha value is -2.71. The van der Waals surface area contributed by atoms with Crippen molar-refractivity contribution in [3.05, 3.63) is 58.5 Å². The van der Waals surface area contributed by atoms with E-state index in [0.29, 0.717) is 61.4 Å². The smallest absolute Gasteiger partial charge is 0.239 e. The van der Waals surface area contributed by atoms with Crippen molar-refractivity contribution in [2.75, 3.05) is 11.9 Å². The van der Waals surface area contributed by atoms with E-state index in [9.17, 15) is 13.6 Å². The molecule has 9 heteroatoms. The molecule has 1 unspecified atom stereocenters. The van der Waals surface area contributed by atoms with Crippen LogP contribution in [0.3, 0.4) is 0 Å². The average Bonchev–Trinajstić information content (AvgIpc) is 3.14. The number of aromatic nitrogens is 2. The highest BCUT2D eigenvalue weighted by Crippen LogP contribution is 2.37. The maximum atomic E-state index is 14.1. The molecule has 1 aromatic carbocycles. The lowest BCUT2D eigenvalue weighted by Gasteiger charge is -2.31. The number of benzene rings is 1. The van der Waals surface area contributed by atoms with Crippen LogP contribution in [0.2, 0.25) is 5.02 Å². The lowest BCUT2D eigenvalue weighted by Crippen LogP contribution is -2.47. The van der Waals surface area contributed by atoms with Gasteiger partial charge < -0.3 is 20.5 Å². The molecule has 3 N–H and O–H groups in total. The molecule has 0 fully saturated rings. The molecule has 1 aromatic heterocycles. The topological polar surface area (TPSA) is 76.2 Å². The van der Waals surface area contributed by atoms with Crippen LogP contribution in [0.15, 0.2) is 36.2 Å². The fourth-order valence-electron chi connectivity index (χ4n) is 4.44. The molecule has 4 rings (SSSR count). The number of carbonyl (C=O) groups excluding carboxylic acids is 1. The van der Waals surface area contributed by atoms with Crippen molar-refractivity contribution >= 4 is 34.6 Å². The van der Waals surface area contributed by atoms with Crippen LogP contribution in [0.4, 0.5) is 20.3 Å². The molecule has 0 bridgehead atoms. The van der Waals surface area contributed by atoms with Crippen molar-refractivity contribution < 1.29 is 13.6 Å². The molecule has 1 aliphatic heterocycles. The van der Waals surface area contributed by atoms with Gasteiger partial charge in [0.05, 0.1) is 17.6 Å². The Balaban J connectivity index is 1.69. The van der Waals surface area contributed by atoms with E-state index in [-0.39, 0.29) is 22.7 Å². The van der Waals surface area contributed by atoms with Gasteiger partial charge in [-0.2, -0.15) is 0 Å². The number of hydrogen-bond donors (Lipinski definition) is 2. The Morgan fingerprint density at radius 1 is 1.29 bits per heavy atom. The molecule has 0 saturated carbocycles. The minimum atomic E-state index is -0.550. The third-order valence-electron chi connectivity index (χ3n) is 6.25. The summed E-state index contributed by atoms with van der Waals surface area (Å²) in [5, 5.41) is 3.32. The highest BCUT2D eigenvalue weighted by molar-refractivity contribution is 6.30. The zero-order valence-corrected chi connectivity index (χ0v) is 20.4. The first-order chi connectivity index (χ1) is 16.1. The average molecular weight is 490 g/mol. The van der Waals surface area contributed by atoms with Crippen molar-refractivity contribution in [2.24, 2.45) is 17.6 Å². The summed E-state index contributed by atoms with van der Waals surface area (Å²) in [7, 11) is 0. The van der Waals surface area contributed by atoms with E-state index < -0.39 is 11.9 Å². The Morgan fingerprint density at radius 2 is 2.06 bits per heavy atom. The minimum Gasteiger partial charge on any atom is -0.340 e. The van der Waals surface area contributed by atoms with Crippen molar-refractivity contribution in [2.45, 2.75) is 52.7 Å². The summed E-state index contributed by atoms with van der Waals surface area (Å²) in [4.78, 5) is 19.5. The molecular weight excluding hydrogens is 460 g/mol. The second-order valence-electron chi connectivity index (χ2n) is 9.48. The standard InChI is InChI=1S/C25H30ClF2N5O/c1-14(2)10-21(29)25(34)32-8-9-33-22(13-32)31-23(16-4-7-19(27)15(3)11-16)24(33)30-17-5-6-18(26)20(28)12-17/h4-7,12,14-15,21,30H,8-11,13,29H2,1-3H3/t15?,21-/m1/s1. The number of allylic oxidation sites excluding steroid dienone is 4. The van der Waals surface area contributed by atoms with E-state index >= 15 is 0 Å². The normalized spacial score (nSPS) is 18.9. The number of halogens is 3. The third-order valence-corrected chi connectivity index (χ3v) is 6.56. The highest BCUT2D eigenvalue weighted by Gasteiger charge is 2.31. The molecule has 2 atom stereocenters. The molecule has 0 spiro atoms. The highest BCUT2D eigenvalue weighted by atomic mass is 35.5. The number of imidazole rings is 1. The van der Waals surface area contributed by atoms with E-state index in [4.69, 9.17) is 22.3 Å². The third kappa shape index (κ3) is 5.03. The van der Waals surface area contributed by atoms with Crippen molar-refractivity contribution in [3.8, 4) is 0 Å². The molecule has 34 heavy (non-hydrogen) atoms. The first-order valence-corrected chi connectivity index (χ1v) is 11.9. The summed E-state index contributed by atoms with van der Waals surface area (Å²) in [6, 6.07) is 3.96. The number of carbonyl (C=O) groups is 1. The van der Waals surface area contributed by atoms with Gasteiger partial charge in [-0.3, -0.25) is 4.79 Å². The number of nitrogens with two attached hydrogens (primary N) is 1. The maximum absolute atomic E-state index is 14.1. The fraction of sp³-hybridized carbons (Fsp3) is 0.440. The van der Waals surface area contributed by atoms with Crippen LogP contribution in [0, 0.1) is 17.7 Å². The minimum absolute atomic E-state index is 0.0393. The molecule has 0 radical (unpaired) electrons. The second kappa shape index (κ2) is 9.88. The molecule has 2 aliphatic rings. The predicted octanol–water partition coefficient (Wildman–Crippen LogP) is 5.41. The number of rotatable bonds is 6. The van der Waals surface area contributed by atoms with E-state index in [0.717, 1.165) is 5.57 Å². The molecule has 1 amide bonds. The van der Waals surface area contributed by atoms with E-state index in [1.807, 2.05) is 25.3 Å². The monoisotopic (exact) mass is 489 g/mol. The lowest BCUT2D eigenvalue weighted by molar-refractivity contribution is -0.134. The molecule has 6 nitrogen and oxygen atoms in total. The van der Waals surface area contributed by atoms with Crippen molar-refractivity contribution in [3.63, 3.8) is 0 Å². The van der Waals surface area contributed by atoms with Gasteiger partial charge in [0.1, 0.15) is 29.0 Å². The van der Waals surface area contributed by atoms with Crippen LogP contribution < -0.4 is 11.1 Å². The van der Waals surface area contributed by atoms with E-state index in [2.05, 4.69) is 5.32 Å². The van der Waals surface area contributed by atoms with Crippen molar-refractivity contribution in [1.29, 1.82) is 0 Å². The van der Waals surface area contributed by atoms with Crippen LogP contribution >= 0.6 is 11.6 Å². The van der Waals surface area contributed by atoms with E-state index in [1.165, 1.54) is 18.2 Å². The summed E-state index contributed by atoms with van der Waals surface area (Å²) in [5.74, 6) is 0.662. The van der Waals surface area contributed by atoms with Gasteiger partial charge in [0, 0.05) is 24.7 Å². The SMILES string of the molecule is CC(C)C[C@@H](N)C(=O)N1CCn2c(nc(C3=CC=C(F)C(C)C3)c2Nc2ccc(Cl)c(F)c2)C1. The van der Waals surface area contributed by atoms with Gasteiger partial charge >= 0.3 is 0 Å². The van der Waals surface area contributed by atoms with Gasteiger partial charge in [-0.25, -0.2) is 13.8 Å².